The van der Waals surface area contributed by atoms with Crippen LogP contribution in [0.15, 0.2) is 42.0 Å². The van der Waals surface area contributed by atoms with Gasteiger partial charge in [0.25, 0.3) is 0 Å². The fourth-order valence-corrected chi connectivity index (χ4v) is 2.42. The lowest BCUT2D eigenvalue weighted by Crippen LogP contribution is -2.02. The van der Waals surface area contributed by atoms with Gasteiger partial charge in [0, 0.05) is 5.56 Å². The van der Waals surface area contributed by atoms with Crippen LogP contribution < -0.4 is 9.47 Å². The normalized spacial score (nSPS) is 12.8. The Labute approximate surface area is 142 Å². The van der Waals surface area contributed by atoms with Crippen molar-refractivity contribution in [1.82, 2.24) is 0 Å². The lowest BCUT2D eigenvalue weighted by molar-refractivity contribution is 0.103. The van der Waals surface area contributed by atoms with Crippen molar-refractivity contribution in [2.45, 2.75) is 0 Å². The van der Waals surface area contributed by atoms with Crippen LogP contribution in [0.1, 0.15) is 15.9 Å². The van der Waals surface area contributed by atoms with Crippen LogP contribution in [0.3, 0.4) is 0 Å². The van der Waals surface area contributed by atoms with Crippen LogP contribution in [0.4, 0.5) is 0 Å². The minimum absolute atomic E-state index is 0.0118. The zero-order chi connectivity index (χ0) is 16.4. The van der Waals surface area contributed by atoms with Gasteiger partial charge in [-0.1, -0.05) is 29.3 Å². The van der Waals surface area contributed by atoms with Gasteiger partial charge in [0.05, 0.1) is 10.0 Å². The van der Waals surface area contributed by atoms with Crippen molar-refractivity contribution < 1.29 is 14.3 Å². The Morgan fingerprint density at radius 1 is 1.09 bits per heavy atom. The highest BCUT2D eigenvalue weighted by atomic mass is 35.5. The van der Waals surface area contributed by atoms with Crippen molar-refractivity contribution in [3.8, 4) is 17.6 Å². The standard InChI is InChI=1S/C17H9Cl2NO3/c18-13-3-1-10(6-14(13)19)5-12(8-20)17(21)11-2-4-15-16(7-11)23-9-22-15/h1-7H,9H2/b12-5-. The second-order valence-corrected chi connectivity index (χ2v) is 5.55. The van der Waals surface area contributed by atoms with E-state index in [0.29, 0.717) is 32.7 Å². The number of carbonyl (C=O) groups excluding carboxylic acids is 1. The molecule has 2 aromatic rings. The highest BCUT2D eigenvalue weighted by molar-refractivity contribution is 6.42. The molecule has 23 heavy (non-hydrogen) atoms. The van der Waals surface area contributed by atoms with Crippen molar-refractivity contribution in [2.24, 2.45) is 0 Å². The van der Waals surface area contributed by atoms with E-state index < -0.39 is 5.78 Å². The molecule has 0 radical (unpaired) electrons. The third-order valence-corrected chi connectivity index (χ3v) is 3.99. The van der Waals surface area contributed by atoms with Crippen LogP contribution in [0.5, 0.6) is 11.5 Å². The van der Waals surface area contributed by atoms with E-state index >= 15 is 0 Å². The van der Waals surface area contributed by atoms with Gasteiger partial charge in [0.15, 0.2) is 11.5 Å². The molecule has 114 valence electrons. The van der Waals surface area contributed by atoms with Gasteiger partial charge in [-0.25, -0.2) is 0 Å². The summed E-state index contributed by atoms with van der Waals surface area (Å²) in [6.45, 7) is 0.122. The number of hydrogen-bond acceptors (Lipinski definition) is 4. The minimum atomic E-state index is -0.406. The van der Waals surface area contributed by atoms with Crippen molar-refractivity contribution in [2.75, 3.05) is 6.79 Å². The molecule has 0 unspecified atom stereocenters. The largest absolute Gasteiger partial charge is 0.454 e. The monoisotopic (exact) mass is 345 g/mol. The predicted octanol–water partition coefficient (Wildman–Crippen LogP) is 4.51. The molecule has 0 amide bonds. The second kappa shape index (κ2) is 6.33. The summed E-state index contributed by atoms with van der Waals surface area (Å²) in [6, 6.07) is 11.6. The van der Waals surface area contributed by atoms with Gasteiger partial charge in [-0.3, -0.25) is 4.79 Å². The highest BCUT2D eigenvalue weighted by Gasteiger charge is 2.18. The first-order chi connectivity index (χ1) is 11.1. The summed E-state index contributed by atoms with van der Waals surface area (Å²) in [5.74, 6) is 0.660. The number of halogens is 2. The van der Waals surface area contributed by atoms with Crippen molar-refractivity contribution >= 4 is 35.1 Å². The van der Waals surface area contributed by atoms with Gasteiger partial charge >= 0.3 is 0 Å². The molecule has 0 fully saturated rings. The van der Waals surface area contributed by atoms with E-state index in [-0.39, 0.29) is 12.4 Å². The fourth-order valence-electron chi connectivity index (χ4n) is 2.11. The Kier molecular flexibility index (Phi) is 4.24. The molecule has 0 bridgehead atoms. The van der Waals surface area contributed by atoms with Crippen LogP contribution in [-0.2, 0) is 0 Å². The number of ether oxygens (including phenoxy) is 2. The summed E-state index contributed by atoms with van der Waals surface area (Å²) in [7, 11) is 0. The Morgan fingerprint density at radius 3 is 2.61 bits per heavy atom. The molecular weight excluding hydrogens is 337 g/mol. The number of benzene rings is 2. The molecule has 0 saturated carbocycles. The first kappa shape index (κ1) is 15.4. The van der Waals surface area contributed by atoms with Gasteiger partial charge in [-0.2, -0.15) is 5.26 Å². The van der Waals surface area contributed by atoms with Gasteiger partial charge < -0.3 is 9.47 Å². The molecule has 4 nitrogen and oxygen atoms in total. The van der Waals surface area contributed by atoms with Gasteiger partial charge in [0.2, 0.25) is 12.6 Å². The molecule has 6 heteroatoms. The smallest absolute Gasteiger partial charge is 0.231 e. The molecule has 0 N–H and O–H groups in total. The number of rotatable bonds is 3. The molecule has 0 spiro atoms. The topological polar surface area (TPSA) is 59.3 Å². The van der Waals surface area contributed by atoms with E-state index in [9.17, 15) is 10.1 Å². The number of Topliss-reactive ketones (excluding diaryl/α,β-unsaturated/α-hetero) is 1. The Hall–Kier alpha value is -2.48. The summed E-state index contributed by atoms with van der Waals surface area (Å²) in [5.41, 5.74) is 0.953. The van der Waals surface area contributed by atoms with Crippen LogP contribution >= 0.6 is 23.2 Å². The van der Waals surface area contributed by atoms with E-state index in [0.717, 1.165) is 0 Å². The summed E-state index contributed by atoms with van der Waals surface area (Å²) < 4.78 is 10.4. The molecule has 2 aromatic carbocycles. The maximum absolute atomic E-state index is 12.5. The first-order valence-corrected chi connectivity index (χ1v) is 7.35. The number of hydrogen-bond donors (Lipinski definition) is 0. The quantitative estimate of drug-likeness (QED) is 0.466. The Balaban J connectivity index is 1.94. The van der Waals surface area contributed by atoms with Crippen molar-refractivity contribution in [3.63, 3.8) is 0 Å². The molecule has 1 aliphatic rings. The van der Waals surface area contributed by atoms with E-state index in [2.05, 4.69) is 0 Å². The molecule has 0 aromatic heterocycles. The summed E-state index contributed by atoms with van der Waals surface area (Å²) in [4.78, 5) is 12.5. The number of nitriles is 1. The van der Waals surface area contributed by atoms with E-state index in [1.54, 1.807) is 36.4 Å². The van der Waals surface area contributed by atoms with Crippen LogP contribution in [0.2, 0.25) is 10.0 Å². The predicted molar refractivity (Wildman–Crippen MR) is 86.9 cm³/mol. The minimum Gasteiger partial charge on any atom is -0.454 e. The maximum Gasteiger partial charge on any atom is 0.231 e. The summed E-state index contributed by atoms with van der Waals surface area (Å²) in [5, 5.41) is 10.0. The van der Waals surface area contributed by atoms with Crippen LogP contribution in [0, 0.1) is 11.3 Å². The molecule has 3 rings (SSSR count). The van der Waals surface area contributed by atoms with Gasteiger partial charge in [-0.15, -0.1) is 0 Å². The number of ketones is 1. The fraction of sp³-hybridized carbons (Fsp3) is 0.0588. The molecule has 0 aliphatic carbocycles. The van der Waals surface area contributed by atoms with Crippen molar-refractivity contribution in [3.05, 3.63) is 63.1 Å². The molecule has 1 aliphatic heterocycles. The zero-order valence-corrected chi connectivity index (χ0v) is 13.2. The number of carbonyl (C=O) groups is 1. The average Bonchev–Trinajstić information content (AvgIpc) is 3.02. The van der Waals surface area contributed by atoms with Crippen LogP contribution in [0.25, 0.3) is 6.08 Å². The third kappa shape index (κ3) is 3.16. The van der Waals surface area contributed by atoms with Crippen LogP contribution in [-0.4, -0.2) is 12.6 Å². The lowest BCUT2D eigenvalue weighted by atomic mass is 10.0. The van der Waals surface area contributed by atoms with E-state index in [1.807, 2.05) is 6.07 Å². The summed E-state index contributed by atoms with van der Waals surface area (Å²) in [6.07, 6.45) is 1.47. The average molecular weight is 346 g/mol. The highest BCUT2D eigenvalue weighted by Crippen LogP contribution is 2.33. The number of fused-ring (bicyclic) bond motifs is 1. The van der Waals surface area contributed by atoms with E-state index in [1.165, 1.54) is 6.08 Å². The first-order valence-electron chi connectivity index (χ1n) is 6.59. The Morgan fingerprint density at radius 2 is 1.87 bits per heavy atom. The molecule has 1 heterocycles. The zero-order valence-electron chi connectivity index (χ0n) is 11.7. The second-order valence-electron chi connectivity index (χ2n) is 4.74. The third-order valence-electron chi connectivity index (χ3n) is 3.25. The molecular formula is C17H9Cl2NO3. The Bertz CT molecular complexity index is 869. The van der Waals surface area contributed by atoms with E-state index in [4.69, 9.17) is 32.7 Å². The SMILES string of the molecule is N#C/C(=C/c1ccc(Cl)c(Cl)c1)C(=O)c1ccc2c(c1)OCO2. The van der Waals surface area contributed by atoms with Crippen molar-refractivity contribution in [1.29, 1.82) is 5.26 Å². The molecule has 0 atom stereocenters. The van der Waals surface area contributed by atoms with Gasteiger partial charge in [-0.05, 0) is 42.0 Å². The summed E-state index contributed by atoms with van der Waals surface area (Å²) >= 11 is 11.8. The lowest BCUT2D eigenvalue weighted by Gasteiger charge is -2.03. The maximum atomic E-state index is 12.5. The number of allylic oxidation sites excluding steroid dienone is 1. The number of nitrogens with zero attached hydrogens (tertiary/aromatic N) is 1. The molecule has 0 saturated heterocycles. The van der Waals surface area contributed by atoms with Gasteiger partial charge in [0.1, 0.15) is 11.6 Å².